The van der Waals surface area contributed by atoms with Gasteiger partial charge < -0.3 is 9.52 Å². The number of aryl methyl sites for hydroxylation is 1. The molecule has 0 atom stereocenters. The molecule has 2 aromatic heterocycles. The maximum absolute atomic E-state index is 10.4. The number of halogens is 2. The van der Waals surface area contributed by atoms with E-state index in [4.69, 9.17) is 9.52 Å². The molecule has 90 valence electrons. The van der Waals surface area contributed by atoms with E-state index in [9.17, 15) is 4.79 Å². The first-order chi connectivity index (χ1) is 8.06. The Hall–Kier alpha value is -0.660. The lowest BCUT2D eigenvalue weighted by molar-refractivity contribution is -0.136. The lowest BCUT2D eigenvalue weighted by Crippen LogP contribution is -1.97. The lowest BCUT2D eigenvalue weighted by Gasteiger charge is -1.91. The van der Waals surface area contributed by atoms with Gasteiger partial charge in [-0.1, -0.05) is 0 Å². The minimum atomic E-state index is -0.817. The molecule has 17 heavy (non-hydrogen) atoms. The van der Waals surface area contributed by atoms with Crippen molar-refractivity contribution >= 4 is 49.2 Å². The van der Waals surface area contributed by atoms with Crippen molar-refractivity contribution in [1.82, 2.24) is 4.98 Å². The highest BCUT2D eigenvalue weighted by atomic mass is 79.9. The summed E-state index contributed by atoms with van der Waals surface area (Å²) in [6, 6.07) is 1.82. The van der Waals surface area contributed by atoms with Crippen molar-refractivity contribution in [2.24, 2.45) is 0 Å². The third-order valence-electron chi connectivity index (χ3n) is 2.00. The number of rotatable bonds is 4. The van der Waals surface area contributed by atoms with Crippen LogP contribution in [0.3, 0.4) is 0 Å². The van der Waals surface area contributed by atoms with E-state index in [2.05, 4.69) is 36.8 Å². The van der Waals surface area contributed by atoms with E-state index in [1.54, 1.807) is 0 Å². The number of aliphatic carboxylic acids is 1. The molecule has 0 fully saturated rings. The number of furan rings is 1. The Kier molecular flexibility index (Phi) is 4.01. The molecule has 0 unspecified atom stereocenters. The van der Waals surface area contributed by atoms with Crippen molar-refractivity contribution in [2.75, 3.05) is 0 Å². The second kappa shape index (κ2) is 5.32. The van der Waals surface area contributed by atoms with Crippen molar-refractivity contribution in [3.8, 4) is 10.8 Å². The summed E-state index contributed by atoms with van der Waals surface area (Å²) in [5, 5.41) is 11.2. The third kappa shape index (κ3) is 3.17. The van der Waals surface area contributed by atoms with Crippen molar-refractivity contribution in [3.05, 3.63) is 26.3 Å². The van der Waals surface area contributed by atoms with Gasteiger partial charge in [0.05, 0.1) is 16.6 Å². The Balaban J connectivity index is 2.15. The van der Waals surface area contributed by atoms with E-state index < -0.39 is 5.97 Å². The molecule has 0 bridgehead atoms. The second-order valence-electron chi connectivity index (χ2n) is 3.27. The molecule has 2 rings (SSSR count). The molecule has 0 spiro atoms. The molecule has 0 aliphatic heterocycles. The molecule has 2 heterocycles. The van der Waals surface area contributed by atoms with Crippen LogP contribution in [-0.2, 0) is 11.2 Å². The summed E-state index contributed by atoms with van der Waals surface area (Å²) in [6.07, 6.45) is 0.531. The first-order valence-electron chi connectivity index (χ1n) is 4.67. The first-order valence-corrected chi connectivity index (χ1v) is 7.14. The maximum atomic E-state index is 10.4. The van der Waals surface area contributed by atoms with Crippen LogP contribution in [-0.4, -0.2) is 16.1 Å². The van der Waals surface area contributed by atoms with E-state index in [1.165, 1.54) is 11.3 Å². The predicted molar refractivity (Wildman–Crippen MR) is 71.2 cm³/mol. The number of nitrogens with zero attached hydrogens (tertiary/aromatic N) is 1. The smallest absolute Gasteiger partial charge is 0.303 e. The summed E-state index contributed by atoms with van der Waals surface area (Å²) in [7, 11) is 0. The Morgan fingerprint density at radius 2 is 2.29 bits per heavy atom. The van der Waals surface area contributed by atoms with Gasteiger partial charge >= 0.3 is 5.97 Å². The van der Waals surface area contributed by atoms with Gasteiger partial charge in [0.2, 0.25) is 0 Å². The second-order valence-corrected chi connectivity index (χ2v) is 5.70. The minimum Gasteiger partial charge on any atom is -0.481 e. The maximum Gasteiger partial charge on any atom is 0.303 e. The number of carbonyl (C=O) groups is 1. The van der Waals surface area contributed by atoms with Crippen LogP contribution in [0.5, 0.6) is 0 Å². The topological polar surface area (TPSA) is 63.3 Å². The number of thiazole rings is 1. The highest BCUT2D eigenvalue weighted by molar-refractivity contribution is 9.13. The van der Waals surface area contributed by atoms with Crippen molar-refractivity contribution in [2.45, 2.75) is 12.8 Å². The van der Waals surface area contributed by atoms with E-state index in [0.717, 1.165) is 15.2 Å². The van der Waals surface area contributed by atoms with Crippen LogP contribution >= 0.6 is 43.2 Å². The molecule has 0 radical (unpaired) electrons. The van der Waals surface area contributed by atoms with Gasteiger partial charge in [-0.25, -0.2) is 4.98 Å². The molecule has 0 aromatic carbocycles. The summed E-state index contributed by atoms with van der Waals surface area (Å²) < 4.78 is 6.89. The van der Waals surface area contributed by atoms with Gasteiger partial charge in [0, 0.05) is 17.9 Å². The average Bonchev–Trinajstić information content (AvgIpc) is 2.84. The molecule has 0 saturated carbocycles. The summed E-state index contributed by atoms with van der Waals surface area (Å²) >= 11 is 8.02. The summed E-state index contributed by atoms with van der Waals surface area (Å²) in [5.74, 6) is -0.154. The quantitative estimate of drug-likeness (QED) is 0.872. The van der Waals surface area contributed by atoms with Gasteiger partial charge in [0.25, 0.3) is 0 Å². The first kappa shape index (κ1) is 12.8. The number of aromatic nitrogens is 1. The molecule has 4 nitrogen and oxygen atoms in total. The molecule has 0 aliphatic rings. The third-order valence-corrected chi connectivity index (χ3v) is 4.62. The summed E-state index contributed by atoms with van der Waals surface area (Å²) in [6.45, 7) is 0. The van der Waals surface area contributed by atoms with Gasteiger partial charge in [-0.2, -0.15) is 0 Å². The fraction of sp³-hybridized carbons (Fsp3) is 0.200. The molecule has 0 aliphatic carbocycles. The highest BCUT2D eigenvalue weighted by Gasteiger charge is 2.12. The van der Waals surface area contributed by atoms with E-state index >= 15 is 0 Å². The normalized spacial score (nSPS) is 10.7. The minimum absolute atomic E-state index is 0.0920. The summed E-state index contributed by atoms with van der Waals surface area (Å²) in [5.41, 5.74) is 0.774. The van der Waals surface area contributed by atoms with Crippen molar-refractivity contribution < 1.29 is 14.3 Å². The fourth-order valence-electron chi connectivity index (χ4n) is 1.22. The molecule has 0 saturated heterocycles. The van der Waals surface area contributed by atoms with E-state index in [-0.39, 0.29) is 6.42 Å². The van der Waals surface area contributed by atoms with Crippen molar-refractivity contribution in [1.29, 1.82) is 0 Å². The van der Waals surface area contributed by atoms with Gasteiger partial charge in [0.1, 0.15) is 0 Å². The van der Waals surface area contributed by atoms with Crippen LogP contribution in [0.1, 0.15) is 12.1 Å². The van der Waals surface area contributed by atoms with Crippen LogP contribution in [0.25, 0.3) is 10.8 Å². The Morgan fingerprint density at radius 1 is 1.53 bits per heavy atom. The lowest BCUT2D eigenvalue weighted by atomic mass is 10.2. The molecular formula is C10H7Br2NO3S. The monoisotopic (exact) mass is 379 g/mol. The SMILES string of the molecule is O=C(O)CCc1csc(-c2cc(Br)c(Br)o2)n1. The van der Waals surface area contributed by atoms with Gasteiger partial charge in [-0.3, -0.25) is 4.79 Å². The van der Waals surface area contributed by atoms with Gasteiger partial charge in [0.15, 0.2) is 15.4 Å². The number of carboxylic acid groups (broad SMARTS) is 1. The van der Waals surface area contributed by atoms with Gasteiger partial charge in [-0.15, -0.1) is 11.3 Å². The average molecular weight is 381 g/mol. The predicted octanol–water partition coefficient (Wildman–Crippen LogP) is 3.95. The Labute approximate surface area is 118 Å². The van der Waals surface area contributed by atoms with Crippen LogP contribution in [0, 0.1) is 0 Å². The molecule has 2 aromatic rings. The number of hydrogen-bond donors (Lipinski definition) is 1. The zero-order valence-corrected chi connectivity index (χ0v) is 12.4. The summed E-state index contributed by atoms with van der Waals surface area (Å²) in [4.78, 5) is 14.8. The molecule has 0 amide bonds. The molecule has 7 heteroatoms. The van der Waals surface area contributed by atoms with E-state index in [1.807, 2.05) is 11.4 Å². The number of carboxylic acids is 1. The molecule has 1 N–H and O–H groups in total. The largest absolute Gasteiger partial charge is 0.481 e. The van der Waals surface area contributed by atoms with Crippen LogP contribution in [0.4, 0.5) is 0 Å². The van der Waals surface area contributed by atoms with E-state index in [0.29, 0.717) is 16.9 Å². The Bertz CT molecular complexity index is 530. The molecular weight excluding hydrogens is 374 g/mol. The number of hydrogen-bond acceptors (Lipinski definition) is 4. The fourth-order valence-corrected chi connectivity index (χ4v) is 2.60. The Morgan fingerprint density at radius 3 is 2.88 bits per heavy atom. The van der Waals surface area contributed by atoms with Gasteiger partial charge in [-0.05, 0) is 31.9 Å². The zero-order chi connectivity index (χ0) is 12.4. The zero-order valence-electron chi connectivity index (χ0n) is 8.44. The standard InChI is InChI=1S/C10H7Br2NO3S/c11-6-3-7(16-9(6)12)10-13-5(4-17-10)1-2-8(14)15/h3-4H,1-2H2,(H,14,15). The van der Waals surface area contributed by atoms with Crippen LogP contribution in [0.2, 0.25) is 0 Å². The van der Waals surface area contributed by atoms with Crippen LogP contribution < -0.4 is 0 Å². The van der Waals surface area contributed by atoms with Crippen LogP contribution in [0.15, 0.2) is 25.0 Å². The highest BCUT2D eigenvalue weighted by Crippen LogP contribution is 2.34. The van der Waals surface area contributed by atoms with Crippen molar-refractivity contribution in [3.63, 3.8) is 0 Å².